The lowest BCUT2D eigenvalue weighted by Crippen LogP contribution is -2.34. The molecule has 2 aromatic heterocycles. The fourth-order valence-electron chi connectivity index (χ4n) is 1.76. The molecule has 1 atom stereocenters. The first-order valence-electron chi connectivity index (χ1n) is 6.32. The molecule has 0 spiro atoms. The van der Waals surface area contributed by atoms with Gasteiger partial charge in [0.2, 0.25) is 0 Å². The number of rotatable bonds is 4. The van der Waals surface area contributed by atoms with E-state index in [-0.39, 0.29) is 23.6 Å². The van der Waals surface area contributed by atoms with E-state index < -0.39 is 5.91 Å². The number of fused-ring (bicyclic) bond motifs is 1. The lowest BCUT2D eigenvalue weighted by atomic mass is 10.2. The first-order valence-corrected chi connectivity index (χ1v) is 7.14. The van der Waals surface area contributed by atoms with Crippen LogP contribution in [-0.2, 0) is 0 Å². The number of thiazole rings is 1. The van der Waals surface area contributed by atoms with Gasteiger partial charge in [-0.15, -0.1) is 11.3 Å². The minimum Gasteiger partial charge on any atom is -0.396 e. The highest BCUT2D eigenvalue weighted by Gasteiger charge is 2.16. The summed E-state index contributed by atoms with van der Waals surface area (Å²) in [6.07, 6.45) is 1.31. The second-order valence-electron chi connectivity index (χ2n) is 4.84. The number of amides is 1. The van der Waals surface area contributed by atoms with Crippen molar-refractivity contribution in [3.63, 3.8) is 0 Å². The van der Waals surface area contributed by atoms with E-state index >= 15 is 0 Å². The first kappa shape index (κ1) is 14.7. The maximum Gasteiger partial charge on any atom is 0.271 e. The molecular weight excluding hydrogens is 278 g/mol. The number of hydrogen-bond acceptors (Lipinski definition) is 5. The Hall–Kier alpha value is -1.73. The summed E-state index contributed by atoms with van der Waals surface area (Å²) in [6.45, 7) is 5.85. The number of aliphatic hydroxyl groups excluding tert-OH is 1. The predicted octanol–water partition coefficient (Wildman–Crippen LogP) is 0.731. The topological polar surface area (TPSA) is 83.7 Å². The Labute approximate surface area is 120 Å². The van der Waals surface area contributed by atoms with Crippen LogP contribution in [-0.4, -0.2) is 33.6 Å². The van der Waals surface area contributed by atoms with Crippen molar-refractivity contribution < 1.29 is 9.90 Å². The van der Waals surface area contributed by atoms with E-state index in [0.717, 1.165) is 10.6 Å². The molecule has 20 heavy (non-hydrogen) atoms. The Morgan fingerprint density at radius 1 is 1.55 bits per heavy atom. The quantitative estimate of drug-likeness (QED) is 0.871. The molecule has 108 valence electrons. The number of hydrogen-bond donors (Lipinski definition) is 2. The van der Waals surface area contributed by atoms with E-state index in [2.05, 4.69) is 10.3 Å². The molecule has 6 nitrogen and oxygen atoms in total. The molecule has 2 rings (SSSR count). The van der Waals surface area contributed by atoms with Gasteiger partial charge in [-0.25, -0.2) is 4.98 Å². The fraction of sp³-hybridized carbons (Fsp3) is 0.462. The molecule has 7 heteroatoms. The number of carbonyl (C=O) groups excluding carboxylic acids is 1. The number of nitrogens with zero attached hydrogens (tertiary/aromatic N) is 2. The summed E-state index contributed by atoms with van der Waals surface area (Å²) in [5.74, 6) is -0.510. The Morgan fingerprint density at radius 2 is 2.25 bits per heavy atom. The van der Waals surface area contributed by atoms with Crippen molar-refractivity contribution in [2.75, 3.05) is 13.2 Å². The number of carbonyl (C=O) groups is 1. The Morgan fingerprint density at radius 3 is 2.90 bits per heavy atom. The molecular formula is C13H17N3O3S. The van der Waals surface area contributed by atoms with Crippen LogP contribution >= 0.6 is 11.3 Å². The molecule has 0 fully saturated rings. The zero-order valence-corrected chi connectivity index (χ0v) is 12.5. The molecule has 0 aliphatic rings. The van der Waals surface area contributed by atoms with E-state index in [1.165, 1.54) is 21.9 Å². The number of aliphatic hydroxyl groups is 1. The Balaban J connectivity index is 2.36. The zero-order chi connectivity index (χ0) is 14.9. The molecule has 0 radical (unpaired) electrons. The largest absolute Gasteiger partial charge is 0.396 e. The van der Waals surface area contributed by atoms with E-state index in [1.54, 1.807) is 6.92 Å². The average Bonchev–Trinajstić information content (AvgIpc) is 2.72. The minimum atomic E-state index is -0.458. The molecule has 0 aliphatic heterocycles. The average molecular weight is 295 g/mol. The molecule has 2 N–H and O–H groups in total. The second kappa shape index (κ2) is 5.72. The normalized spacial score (nSPS) is 12.6. The van der Waals surface area contributed by atoms with Gasteiger partial charge in [-0.05, 0) is 19.8 Å². The maximum absolute atomic E-state index is 12.3. The van der Waals surface area contributed by atoms with Crippen LogP contribution in [0.25, 0.3) is 4.96 Å². The highest BCUT2D eigenvalue weighted by Crippen LogP contribution is 2.18. The highest BCUT2D eigenvalue weighted by molar-refractivity contribution is 7.17. The molecule has 0 bridgehead atoms. The summed E-state index contributed by atoms with van der Waals surface area (Å²) in [6, 6.07) is 0. The van der Waals surface area contributed by atoms with Crippen molar-refractivity contribution in [3.05, 3.63) is 32.7 Å². The van der Waals surface area contributed by atoms with Gasteiger partial charge in [0.05, 0.1) is 0 Å². The lowest BCUT2D eigenvalue weighted by Gasteiger charge is -2.09. The van der Waals surface area contributed by atoms with Crippen LogP contribution in [0, 0.1) is 19.8 Å². The van der Waals surface area contributed by atoms with Crippen LogP contribution in [0.3, 0.4) is 0 Å². The molecule has 2 heterocycles. The predicted molar refractivity (Wildman–Crippen MR) is 77.4 cm³/mol. The van der Waals surface area contributed by atoms with Crippen LogP contribution in [0.15, 0.2) is 11.0 Å². The summed E-state index contributed by atoms with van der Waals surface area (Å²) in [5, 5.41) is 11.6. The molecule has 0 saturated heterocycles. The third-order valence-corrected chi connectivity index (χ3v) is 4.26. The minimum absolute atomic E-state index is 0.0145. The third kappa shape index (κ3) is 2.59. The van der Waals surface area contributed by atoms with Crippen molar-refractivity contribution in [2.24, 2.45) is 5.92 Å². The van der Waals surface area contributed by atoms with Gasteiger partial charge in [-0.3, -0.25) is 14.0 Å². The van der Waals surface area contributed by atoms with Crippen molar-refractivity contribution in [1.29, 1.82) is 0 Å². The third-order valence-electron chi connectivity index (χ3n) is 3.19. The van der Waals surface area contributed by atoms with Crippen LogP contribution in [0.4, 0.5) is 0 Å². The maximum atomic E-state index is 12.3. The SMILES string of the molecule is Cc1sc2ncc(C(=O)NCC(C)CO)c(=O)n2c1C. The van der Waals surface area contributed by atoms with Crippen molar-refractivity contribution in [1.82, 2.24) is 14.7 Å². The lowest BCUT2D eigenvalue weighted by molar-refractivity contribution is 0.0940. The monoisotopic (exact) mass is 295 g/mol. The molecule has 0 aliphatic carbocycles. The van der Waals surface area contributed by atoms with Crippen LogP contribution < -0.4 is 10.9 Å². The van der Waals surface area contributed by atoms with Crippen LogP contribution in [0.1, 0.15) is 27.9 Å². The summed E-state index contributed by atoms with van der Waals surface area (Å²) >= 11 is 1.42. The standard InChI is InChI=1S/C13H17N3O3S/c1-7(6-17)4-14-11(18)10-5-15-13-16(12(10)19)8(2)9(3)20-13/h5,7,17H,4,6H2,1-3H3,(H,14,18). The van der Waals surface area contributed by atoms with Crippen LogP contribution in [0.5, 0.6) is 0 Å². The van der Waals surface area contributed by atoms with E-state index in [4.69, 9.17) is 5.11 Å². The Bertz CT molecular complexity index is 705. The summed E-state index contributed by atoms with van der Waals surface area (Å²) < 4.78 is 1.46. The van der Waals surface area contributed by atoms with Gasteiger partial charge in [0.1, 0.15) is 5.56 Å². The van der Waals surface area contributed by atoms with E-state index in [9.17, 15) is 9.59 Å². The first-order chi connectivity index (χ1) is 9.45. The van der Waals surface area contributed by atoms with Gasteiger partial charge in [-0.1, -0.05) is 6.92 Å². The fourth-order valence-corrected chi connectivity index (χ4v) is 2.69. The van der Waals surface area contributed by atoms with E-state index in [1.807, 2.05) is 13.8 Å². The molecule has 1 amide bonds. The number of aryl methyl sites for hydroxylation is 2. The zero-order valence-electron chi connectivity index (χ0n) is 11.6. The van der Waals surface area contributed by atoms with Gasteiger partial charge < -0.3 is 10.4 Å². The summed E-state index contributed by atoms with van der Waals surface area (Å²) in [5.41, 5.74) is 0.473. The molecule has 0 aromatic carbocycles. The van der Waals surface area contributed by atoms with Crippen molar-refractivity contribution in [2.45, 2.75) is 20.8 Å². The van der Waals surface area contributed by atoms with Gasteiger partial charge in [0.15, 0.2) is 4.96 Å². The van der Waals surface area contributed by atoms with Gasteiger partial charge >= 0.3 is 0 Å². The van der Waals surface area contributed by atoms with Gasteiger partial charge in [-0.2, -0.15) is 0 Å². The van der Waals surface area contributed by atoms with E-state index in [0.29, 0.717) is 11.5 Å². The Kier molecular flexibility index (Phi) is 4.20. The number of nitrogens with one attached hydrogen (secondary N) is 1. The van der Waals surface area contributed by atoms with Crippen LogP contribution in [0.2, 0.25) is 0 Å². The molecule has 2 aromatic rings. The van der Waals surface area contributed by atoms with Gasteiger partial charge in [0.25, 0.3) is 11.5 Å². The molecule has 1 unspecified atom stereocenters. The van der Waals surface area contributed by atoms with Crippen molar-refractivity contribution >= 4 is 22.2 Å². The smallest absolute Gasteiger partial charge is 0.271 e. The van der Waals surface area contributed by atoms with Crippen molar-refractivity contribution in [3.8, 4) is 0 Å². The second-order valence-corrected chi connectivity index (χ2v) is 6.02. The molecule has 0 saturated carbocycles. The highest BCUT2D eigenvalue weighted by atomic mass is 32.1. The summed E-state index contributed by atoms with van der Waals surface area (Å²) in [4.78, 5) is 30.1. The van der Waals surface area contributed by atoms with Gasteiger partial charge in [0, 0.05) is 29.9 Å². The number of aromatic nitrogens is 2. The summed E-state index contributed by atoms with van der Waals surface area (Å²) in [7, 11) is 0.